The van der Waals surface area contributed by atoms with Crippen LogP contribution in [0, 0.1) is 13.8 Å². The summed E-state index contributed by atoms with van der Waals surface area (Å²) >= 11 is 8.12. The molecule has 2 heterocycles. The van der Waals surface area contributed by atoms with Crippen molar-refractivity contribution >= 4 is 47.0 Å². The van der Waals surface area contributed by atoms with Gasteiger partial charge in [-0.2, -0.15) is 5.10 Å². The maximum Gasteiger partial charge on any atom is 0.211 e. The number of guanidine groups is 1. The summed E-state index contributed by atoms with van der Waals surface area (Å²) in [7, 11) is 0. The zero-order chi connectivity index (χ0) is 16.6. The van der Waals surface area contributed by atoms with Crippen molar-refractivity contribution in [1.82, 2.24) is 4.98 Å². The van der Waals surface area contributed by atoms with Gasteiger partial charge in [0.1, 0.15) is 0 Å². The molecule has 0 aromatic carbocycles. The van der Waals surface area contributed by atoms with E-state index in [1.165, 1.54) is 9.75 Å². The van der Waals surface area contributed by atoms with Gasteiger partial charge in [-0.1, -0.05) is 11.6 Å². The Morgan fingerprint density at radius 3 is 2.71 bits per heavy atom. The summed E-state index contributed by atoms with van der Waals surface area (Å²) in [5.74, 6) is 0.198. The Hall–Kier alpha value is -1.63. The molecule has 0 spiro atoms. The van der Waals surface area contributed by atoms with Crippen LogP contribution in [0.2, 0.25) is 5.02 Å². The molecule has 3 rings (SSSR count). The molecular formula is C16H19Cl2N5S. The number of rotatable bonds is 2. The van der Waals surface area contributed by atoms with Crippen LogP contribution < -0.4 is 11.5 Å². The number of aromatic nitrogens is 1. The van der Waals surface area contributed by atoms with Crippen LogP contribution in [0.5, 0.6) is 0 Å². The van der Waals surface area contributed by atoms with Crippen molar-refractivity contribution in [2.24, 2.45) is 21.7 Å². The quantitative estimate of drug-likeness (QED) is 0.471. The molecule has 2 aromatic heterocycles. The molecule has 0 aliphatic heterocycles. The summed E-state index contributed by atoms with van der Waals surface area (Å²) in [6.45, 7) is 4.11. The molecule has 128 valence electrons. The van der Waals surface area contributed by atoms with Gasteiger partial charge in [-0.05, 0) is 38.0 Å². The van der Waals surface area contributed by atoms with Gasteiger partial charge < -0.3 is 11.5 Å². The lowest BCUT2D eigenvalue weighted by atomic mass is 9.83. The van der Waals surface area contributed by atoms with Crippen molar-refractivity contribution in [3.05, 3.63) is 49.9 Å². The van der Waals surface area contributed by atoms with E-state index in [1.807, 2.05) is 25.3 Å². The molecule has 0 saturated carbocycles. The van der Waals surface area contributed by atoms with Crippen molar-refractivity contribution in [2.75, 3.05) is 0 Å². The first kappa shape index (κ1) is 18.7. The molecule has 8 heteroatoms. The Bertz CT molecular complexity index is 809. The van der Waals surface area contributed by atoms with Crippen molar-refractivity contribution in [3.63, 3.8) is 0 Å². The molecule has 24 heavy (non-hydrogen) atoms. The number of nitrogens with zero attached hydrogens (tertiary/aromatic N) is 3. The SMILES string of the molecule is Cc1cc(Cl)c(C2CC(=NN=C(N)N)c3c(C)ccnc3C2)s1.Cl. The number of aryl methyl sites for hydroxylation is 2. The summed E-state index contributed by atoms with van der Waals surface area (Å²) in [6.07, 6.45) is 3.42. The smallest absolute Gasteiger partial charge is 0.211 e. The number of hydrogen-bond acceptors (Lipinski definition) is 4. The predicted octanol–water partition coefficient (Wildman–Crippen LogP) is 3.54. The normalized spacial score (nSPS) is 18.0. The first-order chi connectivity index (χ1) is 11.0. The molecule has 0 bridgehead atoms. The van der Waals surface area contributed by atoms with Crippen LogP contribution >= 0.6 is 35.3 Å². The van der Waals surface area contributed by atoms with Gasteiger partial charge in [-0.3, -0.25) is 4.98 Å². The molecule has 5 nitrogen and oxygen atoms in total. The number of pyridine rings is 1. The van der Waals surface area contributed by atoms with Gasteiger partial charge >= 0.3 is 0 Å². The highest BCUT2D eigenvalue weighted by Gasteiger charge is 2.29. The largest absolute Gasteiger partial charge is 0.369 e. The second-order valence-corrected chi connectivity index (χ2v) is 7.39. The minimum Gasteiger partial charge on any atom is -0.369 e. The van der Waals surface area contributed by atoms with Gasteiger partial charge in [0.25, 0.3) is 0 Å². The number of thiophene rings is 1. The highest BCUT2D eigenvalue weighted by atomic mass is 35.5. The van der Waals surface area contributed by atoms with Crippen LogP contribution in [0.4, 0.5) is 0 Å². The average Bonchev–Trinajstić information content (AvgIpc) is 2.83. The van der Waals surface area contributed by atoms with E-state index < -0.39 is 0 Å². The molecule has 1 atom stereocenters. The van der Waals surface area contributed by atoms with Crippen molar-refractivity contribution < 1.29 is 0 Å². The van der Waals surface area contributed by atoms with E-state index in [4.69, 9.17) is 23.1 Å². The van der Waals surface area contributed by atoms with Gasteiger partial charge in [-0.25, -0.2) is 0 Å². The summed E-state index contributed by atoms with van der Waals surface area (Å²) in [4.78, 5) is 6.92. The van der Waals surface area contributed by atoms with E-state index in [1.54, 1.807) is 11.3 Å². The standard InChI is InChI=1S/C16H18ClN5S.ClH/c1-8-3-4-20-12-6-10(15-11(17)5-9(2)23-15)7-13(14(8)12)21-22-16(18)19;/h3-5,10H,6-7H2,1-2H3,(H4,18,19,22);1H. The summed E-state index contributed by atoms with van der Waals surface area (Å²) < 4.78 is 0. The average molecular weight is 384 g/mol. The molecule has 0 amide bonds. The van der Waals surface area contributed by atoms with Crippen LogP contribution in [0.15, 0.2) is 28.5 Å². The topological polar surface area (TPSA) is 89.6 Å². The maximum absolute atomic E-state index is 6.39. The van der Waals surface area contributed by atoms with E-state index >= 15 is 0 Å². The molecule has 1 aliphatic carbocycles. The molecular weight excluding hydrogens is 365 g/mol. The molecule has 1 aliphatic rings. The zero-order valence-corrected chi connectivity index (χ0v) is 15.8. The molecule has 1 unspecified atom stereocenters. The Morgan fingerprint density at radius 1 is 1.33 bits per heavy atom. The molecule has 2 aromatic rings. The molecule has 0 saturated heterocycles. The third-order valence-corrected chi connectivity index (χ3v) is 5.54. The third kappa shape index (κ3) is 3.71. The Labute approximate surface area is 156 Å². The van der Waals surface area contributed by atoms with Gasteiger partial charge in [0.2, 0.25) is 5.96 Å². The second kappa shape index (κ2) is 7.51. The summed E-state index contributed by atoms with van der Waals surface area (Å²) in [5.41, 5.74) is 14.9. The van der Waals surface area contributed by atoms with Crippen LogP contribution in [-0.4, -0.2) is 16.7 Å². The number of nitrogens with two attached hydrogens (primary N) is 2. The van der Waals surface area contributed by atoms with Crippen LogP contribution in [-0.2, 0) is 6.42 Å². The van der Waals surface area contributed by atoms with Crippen LogP contribution in [0.1, 0.15) is 38.9 Å². The Kier molecular flexibility index (Phi) is 5.85. The van der Waals surface area contributed by atoms with Crippen LogP contribution in [0.3, 0.4) is 0 Å². The second-order valence-electron chi connectivity index (χ2n) is 5.70. The Balaban J connectivity index is 0.00000208. The summed E-state index contributed by atoms with van der Waals surface area (Å²) in [6, 6.07) is 3.99. The molecule has 0 fully saturated rings. The molecule has 4 N–H and O–H groups in total. The van der Waals surface area contributed by atoms with Gasteiger partial charge in [0.15, 0.2) is 0 Å². The lowest BCUT2D eigenvalue weighted by molar-refractivity contribution is 0.689. The van der Waals surface area contributed by atoms with E-state index in [0.717, 1.165) is 40.4 Å². The van der Waals surface area contributed by atoms with Gasteiger partial charge in [-0.15, -0.1) is 28.8 Å². The van der Waals surface area contributed by atoms with Crippen molar-refractivity contribution in [2.45, 2.75) is 32.6 Å². The minimum absolute atomic E-state index is 0. The fourth-order valence-electron chi connectivity index (χ4n) is 2.98. The van der Waals surface area contributed by atoms with E-state index in [0.29, 0.717) is 0 Å². The van der Waals surface area contributed by atoms with Gasteiger partial charge in [0.05, 0.1) is 16.4 Å². The van der Waals surface area contributed by atoms with E-state index in [9.17, 15) is 0 Å². The highest BCUT2D eigenvalue weighted by Crippen LogP contribution is 2.40. The number of fused-ring (bicyclic) bond motifs is 1. The fourth-order valence-corrected chi connectivity index (χ4v) is 4.49. The lowest BCUT2D eigenvalue weighted by Gasteiger charge is -2.25. The van der Waals surface area contributed by atoms with E-state index in [2.05, 4.69) is 22.1 Å². The van der Waals surface area contributed by atoms with Crippen molar-refractivity contribution in [3.8, 4) is 0 Å². The number of hydrogen-bond donors (Lipinski definition) is 2. The Morgan fingerprint density at radius 2 is 2.08 bits per heavy atom. The predicted molar refractivity (Wildman–Crippen MR) is 104 cm³/mol. The minimum atomic E-state index is -0.0484. The zero-order valence-electron chi connectivity index (χ0n) is 13.4. The van der Waals surface area contributed by atoms with E-state index in [-0.39, 0.29) is 24.3 Å². The van der Waals surface area contributed by atoms with Crippen molar-refractivity contribution in [1.29, 1.82) is 0 Å². The van der Waals surface area contributed by atoms with Crippen LogP contribution in [0.25, 0.3) is 0 Å². The van der Waals surface area contributed by atoms with Gasteiger partial charge in [0, 0.05) is 33.9 Å². The fraction of sp³-hybridized carbons (Fsp3) is 0.312. The highest BCUT2D eigenvalue weighted by molar-refractivity contribution is 7.12. The monoisotopic (exact) mass is 383 g/mol. The first-order valence-electron chi connectivity index (χ1n) is 7.32. The maximum atomic E-state index is 6.39. The lowest BCUT2D eigenvalue weighted by Crippen LogP contribution is -2.24. The first-order valence-corrected chi connectivity index (χ1v) is 8.51. The number of halogens is 2. The molecule has 0 radical (unpaired) electrons. The third-order valence-electron chi connectivity index (χ3n) is 3.90. The summed E-state index contributed by atoms with van der Waals surface area (Å²) in [5, 5.41) is 8.93.